The number of anilines is 1. The van der Waals surface area contributed by atoms with Crippen molar-refractivity contribution in [2.75, 3.05) is 5.73 Å². The van der Waals surface area contributed by atoms with Crippen molar-refractivity contribution in [1.82, 2.24) is 0 Å². The van der Waals surface area contributed by atoms with Crippen LogP contribution in [0, 0.1) is 0 Å². The van der Waals surface area contributed by atoms with Crippen LogP contribution in [0.2, 0.25) is 10.0 Å². The summed E-state index contributed by atoms with van der Waals surface area (Å²) in [6, 6.07) is 10.6. The van der Waals surface area contributed by atoms with Crippen LogP contribution in [0.15, 0.2) is 48.5 Å². The Kier molecular flexibility index (Phi) is 5.01. The lowest BCUT2D eigenvalue weighted by atomic mass is 10.00. The highest BCUT2D eigenvalue weighted by molar-refractivity contribution is 7.18. The molecule has 0 radical (unpaired) electrons. The Bertz CT molecular complexity index is 998. The Morgan fingerprint density at radius 1 is 1.04 bits per heavy atom. The molecule has 2 aromatic carbocycles. The molecule has 1 heterocycles. The molecular formula is C18H10Cl2F3NOS. The molecule has 1 aromatic heterocycles. The van der Waals surface area contributed by atoms with Gasteiger partial charge in [-0.05, 0) is 42.0 Å². The number of ketones is 1. The van der Waals surface area contributed by atoms with Gasteiger partial charge in [0.05, 0.1) is 20.5 Å². The molecule has 0 aliphatic rings. The third-order valence-corrected chi connectivity index (χ3v) is 5.14. The third-order valence-electron chi connectivity index (χ3n) is 3.63. The smallest absolute Gasteiger partial charge is 0.391 e. The van der Waals surface area contributed by atoms with Crippen molar-refractivity contribution in [3.63, 3.8) is 0 Å². The molecule has 26 heavy (non-hydrogen) atoms. The van der Waals surface area contributed by atoms with Crippen molar-refractivity contribution in [3.8, 4) is 11.1 Å². The van der Waals surface area contributed by atoms with Crippen LogP contribution >= 0.6 is 34.5 Å². The van der Waals surface area contributed by atoms with E-state index in [1.165, 1.54) is 36.4 Å². The van der Waals surface area contributed by atoms with Crippen molar-refractivity contribution < 1.29 is 18.0 Å². The number of rotatable bonds is 3. The molecule has 0 saturated carbocycles. The van der Waals surface area contributed by atoms with E-state index >= 15 is 0 Å². The van der Waals surface area contributed by atoms with Crippen molar-refractivity contribution >= 4 is 45.3 Å². The third kappa shape index (κ3) is 3.72. The maximum absolute atomic E-state index is 13.0. The summed E-state index contributed by atoms with van der Waals surface area (Å²) >= 11 is 12.9. The van der Waals surface area contributed by atoms with Gasteiger partial charge < -0.3 is 5.73 Å². The van der Waals surface area contributed by atoms with Crippen molar-refractivity contribution in [1.29, 1.82) is 0 Å². The zero-order valence-electron chi connectivity index (χ0n) is 12.9. The van der Waals surface area contributed by atoms with E-state index in [0.717, 1.165) is 23.5 Å². The van der Waals surface area contributed by atoms with Gasteiger partial charge in [-0.25, -0.2) is 0 Å². The fraction of sp³-hybridized carbons (Fsp3) is 0.0556. The van der Waals surface area contributed by atoms with E-state index in [1.807, 2.05) is 0 Å². The summed E-state index contributed by atoms with van der Waals surface area (Å²) in [6.45, 7) is 0. The first-order valence-electron chi connectivity index (χ1n) is 7.23. The monoisotopic (exact) mass is 415 g/mol. The van der Waals surface area contributed by atoms with Crippen LogP contribution in [0.5, 0.6) is 0 Å². The maximum Gasteiger partial charge on any atom is 0.416 e. The van der Waals surface area contributed by atoms with Crippen molar-refractivity contribution in [2.45, 2.75) is 6.18 Å². The summed E-state index contributed by atoms with van der Waals surface area (Å²) < 4.78 is 39.0. The van der Waals surface area contributed by atoms with Crippen molar-refractivity contribution in [3.05, 3.63) is 74.6 Å². The van der Waals surface area contributed by atoms with Crippen LogP contribution < -0.4 is 5.73 Å². The van der Waals surface area contributed by atoms with E-state index in [2.05, 4.69) is 0 Å². The van der Waals surface area contributed by atoms with E-state index in [9.17, 15) is 18.0 Å². The standard InChI is InChI=1S/C18H10Cl2F3NOS/c19-11-4-5-12(14(20)7-11)16(25)17-13(8-15(24)26-17)9-2-1-3-10(6-9)18(21,22)23/h1-8H,24H2. The van der Waals surface area contributed by atoms with Gasteiger partial charge in [0.25, 0.3) is 0 Å². The average Bonchev–Trinajstić information content (AvgIpc) is 2.95. The van der Waals surface area contributed by atoms with Gasteiger partial charge in [0.2, 0.25) is 5.78 Å². The van der Waals surface area contributed by atoms with Gasteiger partial charge >= 0.3 is 6.18 Å². The predicted octanol–water partition coefficient (Wildman–Crippen LogP) is 6.55. The molecule has 2 N–H and O–H groups in total. The molecule has 0 aliphatic heterocycles. The molecule has 0 bridgehead atoms. The lowest BCUT2D eigenvalue weighted by molar-refractivity contribution is -0.137. The van der Waals surface area contributed by atoms with Gasteiger partial charge in [-0.15, -0.1) is 11.3 Å². The fourth-order valence-corrected chi connectivity index (χ4v) is 3.85. The molecule has 134 valence electrons. The van der Waals surface area contributed by atoms with E-state index in [-0.39, 0.29) is 21.0 Å². The molecule has 0 saturated heterocycles. The van der Waals surface area contributed by atoms with Gasteiger partial charge in [-0.2, -0.15) is 13.2 Å². The van der Waals surface area contributed by atoms with Crippen LogP contribution in [0.4, 0.5) is 18.2 Å². The SMILES string of the molecule is Nc1cc(-c2cccc(C(F)(F)F)c2)c(C(=O)c2ccc(Cl)cc2Cl)s1. The molecular weight excluding hydrogens is 406 g/mol. The minimum absolute atomic E-state index is 0.157. The number of carbonyl (C=O) groups is 1. The molecule has 3 rings (SSSR count). The Morgan fingerprint density at radius 3 is 2.42 bits per heavy atom. The Balaban J connectivity index is 2.11. The number of thiophene rings is 1. The summed E-state index contributed by atoms with van der Waals surface area (Å²) in [6.07, 6.45) is -4.48. The molecule has 8 heteroatoms. The highest BCUT2D eigenvalue weighted by Crippen LogP contribution is 2.38. The summed E-state index contributed by atoms with van der Waals surface area (Å²) in [5.74, 6) is -0.430. The molecule has 3 aromatic rings. The topological polar surface area (TPSA) is 43.1 Å². The summed E-state index contributed by atoms with van der Waals surface area (Å²) in [5.41, 5.74) is 5.79. The van der Waals surface area contributed by atoms with Gasteiger partial charge in [0.15, 0.2) is 0 Å². The minimum atomic E-state index is -4.48. The Hall–Kier alpha value is -2.02. The van der Waals surface area contributed by atoms with Crippen LogP contribution in [0.25, 0.3) is 11.1 Å². The zero-order chi connectivity index (χ0) is 19.1. The van der Waals surface area contributed by atoms with Crippen LogP contribution in [-0.4, -0.2) is 5.78 Å². The summed E-state index contributed by atoms with van der Waals surface area (Å²) in [4.78, 5) is 13.1. The average molecular weight is 416 g/mol. The van der Waals surface area contributed by atoms with Crippen LogP contribution in [0.1, 0.15) is 20.8 Å². The first-order chi connectivity index (χ1) is 12.2. The highest BCUT2D eigenvalue weighted by atomic mass is 35.5. The molecule has 0 unspecified atom stereocenters. The largest absolute Gasteiger partial charge is 0.416 e. The molecule has 0 atom stereocenters. The minimum Gasteiger partial charge on any atom is -0.391 e. The molecule has 2 nitrogen and oxygen atoms in total. The van der Waals surface area contributed by atoms with Crippen LogP contribution in [0.3, 0.4) is 0 Å². The number of nitrogen functional groups attached to an aromatic ring is 1. The number of alkyl halides is 3. The second-order valence-corrected chi connectivity index (χ2v) is 7.35. The molecule has 0 fully saturated rings. The number of halogens is 5. The maximum atomic E-state index is 13.0. The lowest BCUT2D eigenvalue weighted by Crippen LogP contribution is -2.05. The second-order valence-electron chi connectivity index (χ2n) is 5.42. The normalized spacial score (nSPS) is 11.6. The first-order valence-corrected chi connectivity index (χ1v) is 8.81. The Morgan fingerprint density at radius 2 is 1.77 bits per heavy atom. The predicted molar refractivity (Wildman–Crippen MR) is 99.1 cm³/mol. The quantitative estimate of drug-likeness (QED) is 0.492. The summed E-state index contributed by atoms with van der Waals surface area (Å²) in [5, 5.41) is 0.839. The fourth-order valence-electron chi connectivity index (χ4n) is 2.45. The van der Waals surface area contributed by atoms with Gasteiger partial charge in [0, 0.05) is 16.1 Å². The van der Waals surface area contributed by atoms with E-state index < -0.39 is 17.5 Å². The zero-order valence-corrected chi connectivity index (χ0v) is 15.2. The second kappa shape index (κ2) is 6.95. The Labute approximate surface area is 161 Å². The number of carbonyl (C=O) groups excluding carboxylic acids is 1. The lowest BCUT2D eigenvalue weighted by Gasteiger charge is -2.09. The number of benzene rings is 2. The van der Waals surface area contributed by atoms with Crippen molar-refractivity contribution in [2.24, 2.45) is 0 Å². The molecule has 0 aliphatic carbocycles. The number of hydrogen-bond donors (Lipinski definition) is 1. The highest BCUT2D eigenvalue weighted by Gasteiger charge is 2.31. The molecule has 0 amide bonds. The summed E-state index contributed by atoms with van der Waals surface area (Å²) in [7, 11) is 0. The van der Waals surface area contributed by atoms with E-state index in [1.54, 1.807) is 0 Å². The van der Waals surface area contributed by atoms with E-state index in [4.69, 9.17) is 28.9 Å². The van der Waals surface area contributed by atoms with Gasteiger partial charge in [-0.3, -0.25) is 4.79 Å². The van der Waals surface area contributed by atoms with Gasteiger partial charge in [-0.1, -0.05) is 35.3 Å². The first kappa shape index (κ1) is 18.8. The molecule has 0 spiro atoms. The van der Waals surface area contributed by atoms with Gasteiger partial charge in [0.1, 0.15) is 0 Å². The number of hydrogen-bond acceptors (Lipinski definition) is 3. The number of nitrogens with two attached hydrogens (primary N) is 1. The van der Waals surface area contributed by atoms with Crippen LogP contribution in [-0.2, 0) is 6.18 Å². The van der Waals surface area contributed by atoms with E-state index in [0.29, 0.717) is 15.6 Å².